The molecule has 0 radical (unpaired) electrons. The number of ether oxygens (including phenoxy) is 2. The van der Waals surface area contributed by atoms with Crippen molar-refractivity contribution in [1.29, 1.82) is 0 Å². The van der Waals surface area contributed by atoms with E-state index in [-0.39, 0.29) is 18.9 Å². The highest BCUT2D eigenvalue weighted by molar-refractivity contribution is 5.79. The van der Waals surface area contributed by atoms with Crippen LogP contribution in [0, 0.1) is 0 Å². The molecule has 2 aromatic carbocycles. The number of aliphatic hydroxyl groups excluding tert-OH is 2. The zero-order chi connectivity index (χ0) is 18.2. The van der Waals surface area contributed by atoms with Crippen LogP contribution in [0.15, 0.2) is 48.5 Å². The topological polar surface area (TPSA) is 88.0 Å². The van der Waals surface area contributed by atoms with E-state index in [9.17, 15) is 15.0 Å². The standard InChI is InChI=1S/C19H23NO5/c1-24-16-9-8-13(10-17(16)25-2)11-18(22)20-15(12-21)19(23)14-6-4-3-5-7-14/h3-10,15,19,21,23H,11-12H2,1-2H3,(H,20,22)/t15-,19?/m0/s1. The molecular formula is C19H23NO5. The summed E-state index contributed by atoms with van der Waals surface area (Å²) >= 11 is 0. The highest BCUT2D eigenvalue weighted by Crippen LogP contribution is 2.27. The lowest BCUT2D eigenvalue weighted by Crippen LogP contribution is -2.42. The Balaban J connectivity index is 2.03. The Morgan fingerprint density at radius 1 is 1.08 bits per heavy atom. The maximum atomic E-state index is 12.3. The van der Waals surface area contributed by atoms with Crippen molar-refractivity contribution in [1.82, 2.24) is 5.32 Å². The van der Waals surface area contributed by atoms with Crippen LogP contribution in [0.1, 0.15) is 17.2 Å². The maximum Gasteiger partial charge on any atom is 0.224 e. The quantitative estimate of drug-likeness (QED) is 0.674. The Bertz CT molecular complexity index is 689. The molecule has 1 unspecified atom stereocenters. The molecule has 2 atom stereocenters. The van der Waals surface area contributed by atoms with Gasteiger partial charge in [-0.2, -0.15) is 0 Å². The molecule has 6 nitrogen and oxygen atoms in total. The van der Waals surface area contributed by atoms with Crippen LogP contribution in [0.5, 0.6) is 11.5 Å². The SMILES string of the molecule is COc1ccc(CC(=O)N[C@@H](CO)C(O)c2ccccc2)cc1OC. The van der Waals surface area contributed by atoms with Crippen LogP contribution in [0.2, 0.25) is 0 Å². The van der Waals surface area contributed by atoms with Crippen LogP contribution in [-0.2, 0) is 11.2 Å². The first-order valence-electron chi connectivity index (χ1n) is 7.93. The monoisotopic (exact) mass is 345 g/mol. The highest BCUT2D eigenvalue weighted by atomic mass is 16.5. The molecule has 0 spiro atoms. The van der Waals surface area contributed by atoms with Crippen LogP contribution < -0.4 is 14.8 Å². The zero-order valence-electron chi connectivity index (χ0n) is 14.3. The van der Waals surface area contributed by atoms with E-state index in [1.54, 1.807) is 49.6 Å². The number of hydrogen-bond acceptors (Lipinski definition) is 5. The Hall–Kier alpha value is -2.57. The third-order valence-electron chi connectivity index (χ3n) is 3.88. The molecule has 0 saturated carbocycles. The third kappa shape index (κ3) is 4.95. The molecule has 1 amide bonds. The van der Waals surface area contributed by atoms with Gasteiger partial charge in [0.2, 0.25) is 5.91 Å². The fourth-order valence-corrected chi connectivity index (χ4v) is 2.54. The Morgan fingerprint density at radius 2 is 1.76 bits per heavy atom. The lowest BCUT2D eigenvalue weighted by molar-refractivity contribution is -0.122. The predicted octanol–water partition coefficient (Wildman–Crippen LogP) is 1.46. The number of aliphatic hydroxyl groups is 2. The zero-order valence-corrected chi connectivity index (χ0v) is 14.3. The normalized spacial score (nSPS) is 13.0. The average molecular weight is 345 g/mol. The fourth-order valence-electron chi connectivity index (χ4n) is 2.54. The lowest BCUT2D eigenvalue weighted by Gasteiger charge is -2.22. The van der Waals surface area contributed by atoms with Gasteiger partial charge in [0.15, 0.2) is 11.5 Å². The van der Waals surface area contributed by atoms with Crippen molar-refractivity contribution in [2.24, 2.45) is 0 Å². The molecule has 0 saturated heterocycles. The van der Waals surface area contributed by atoms with Crippen LogP contribution in [0.25, 0.3) is 0 Å². The van der Waals surface area contributed by atoms with Crippen molar-refractivity contribution in [3.05, 3.63) is 59.7 Å². The first kappa shape index (κ1) is 18.8. The molecule has 2 aromatic rings. The molecule has 0 heterocycles. The summed E-state index contributed by atoms with van der Waals surface area (Å²) < 4.78 is 10.4. The van der Waals surface area contributed by atoms with Gasteiger partial charge in [0, 0.05) is 0 Å². The Labute approximate surface area is 147 Å². The molecule has 3 N–H and O–H groups in total. The van der Waals surface area contributed by atoms with Gasteiger partial charge in [0.25, 0.3) is 0 Å². The minimum Gasteiger partial charge on any atom is -0.493 e. The number of rotatable bonds is 8. The molecule has 0 aliphatic heterocycles. The number of nitrogens with one attached hydrogen (secondary N) is 1. The van der Waals surface area contributed by atoms with E-state index in [0.717, 1.165) is 5.56 Å². The number of hydrogen-bond donors (Lipinski definition) is 3. The molecule has 0 aliphatic carbocycles. The van der Waals surface area contributed by atoms with Crippen molar-refractivity contribution >= 4 is 5.91 Å². The van der Waals surface area contributed by atoms with Gasteiger partial charge in [-0.25, -0.2) is 0 Å². The van der Waals surface area contributed by atoms with Crippen molar-refractivity contribution in [2.45, 2.75) is 18.6 Å². The van der Waals surface area contributed by atoms with Crippen LogP contribution >= 0.6 is 0 Å². The van der Waals surface area contributed by atoms with Crippen molar-refractivity contribution in [3.63, 3.8) is 0 Å². The van der Waals surface area contributed by atoms with E-state index >= 15 is 0 Å². The molecule has 0 aliphatic rings. The third-order valence-corrected chi connectivity index (χ3v) is 3.88. The fraction of sp³-hybridized carbons (Fsp3) is 0.316. The Morgan fingerprint density at radius 3 is 2.36 bits per heavy atom. The summed E-state index contributed by atoms with van der Waals surface area (Å²) in [5.41, 5.74) is 1.37. The van der Waals surface area contributed by atoms with Crippen molar-refractivity contribution < 1.29 is 24.5 Å². The summed E-state index contributed by atoms with van der Waals surface area (Å²) in [4.78, 5) is 12.3. The van der Waals surface area contributed by atoms with Gasteiger partial charge in [-0.15, -0.1) is 0 Å². The molecule has 2 rings (SSSR count). The van der Waals surface area contributed by atoms with E-state index in [4.69, 9.17) is 9.47 Å². The second-order valence-electron chi connectivity index (χ2n) is 5.58. The Kier molecular flexibility index (Phi) is 6.80. The van der Waals surface area contributed by atoms with Gasteiger partial charge in [0.05, 0.1) is 33.3 Å². The minimum absolute atomic E-state index is 0.0956. The first-order chi connectivity index (χ1) is 12.1. The molecule has 25 heavy (non-hydrogen) atoms. The summed E-state index contributed by atoms with van der Waals surface area (Å²) in [6.07, 6.45) is -0.890. The summed E-state index contributed by atoms with van der Waals surface area (Å²) in [7, 11) is 3.07. The summed E-state index contributed by atoms with van der Waals surface area (Å²) in [5, 5.41) is 22.5. The maximum absolute atomic E-state index is 12.3. The summed E-state index contributed by atoms with van der Waals surface area (Å²) in [6.45, 7) is -0.367. The molecule has 6 heteroatoms. The van der Waals surface area contributed by atoms with E-state index in [0.29, 0.717) is 17.1 Å². The lowest BCUT2D eigenvalue weighted by atomic mass is 10.0. The van der Waals surface area contributed by atoms with E-state index in [1.165, 1.54) is 7.11 Å². The number of amides is 1. The molecular weight excluding hydrogens is 322 g/mol. The van der Waals surface area contributed by atoms with Gasteiger partial charge >= 0.3 is 0 Å². The van der Waals surface area contributed by atoms with Crippen molar-refractivity contribution in [2.75, 3.05) is 20.8 Å². The minimum atomic E-state index is -0.986. The van der Waals surface area contributed by atoms with Crippen molar-refractivity contribution in [3.8, 4) is 11.5 Å². The van der Waals surface area contributed by atoms with E-state index in [1.807, 2.05) is 6.07 Å². The number of carbonyl (C=O) groups is 1. The smallest absolute Gasteiger partial charge is 0.224 e. The molecule has 0 aromatic heterocycles. The second kappa shape index (κ2) is 9.05. The average Bonchev–Trinajstić information content (AvgIpc) is 2.66. The number of carbonyl (C=O) groups excluding carboxylic acids is 1. The summed E-state index contributed by atoms with van der Waals surface area (Å²) in [6, 6.07) is 13.3. The highest BCUT2D eigenvalue weighted by Gasteiger charge is 2.22. The molecule has 134 valence electrons. The predicted molar refractivity (Wildman–Crippen MR) is 93.7 cm³/mol. The van der Waals surface area contributed by atoms with Gasteiger partial charge in [-0.05, 0) is 23.3 Å². The van der Waals surface area contributed by atoms with Gasteiger partial charge in [-0.1, -0.05) is 36.4 Å². The van der Waals surface area contributed by atoms with E-state index < -0.39 is 12.1 Å². The number of methoxy groups -OCH3 is 2. The summed E-state index contributed by atoms with van der Waals surface area (Å²) in [5.74, 6) is 0.816. The van der Waals surface area contributed by atoms with Gasteiger partial charge in [0.1, 0.15) is 6.10 Å². The van der Waals surface area contributed by atoms with Gasteiger partial charge in [-0.3, -0.25) is 4.79 Å². The number of benzene rings is 2. The van der Waals surface area contributed by atoms with Gasteiger partial charge < -0.3 is 25.0 Å². The van der Waals surface area contributed by atoms with Crippen LogP contribution in [0.3, 0.4) is 0 Å². The van der Waals surface area contributed by atoms with Crippen LogP contribution in [-0.4, -0.2) is 43.0 Å². The molecule has 0 fully saturated rings. The van der Waals surface area contributed by atoms with Crippen LogP contribution in [0.4, 0.5) is 0 Å². The largest absolute Gasteiger partial charge is 0.493 e. The second-order valence-corrected chi connectivity index (χ2v) is 5.58. The first-order valence-corrected chi connectivity index (χ1v) is 7.93. The molecule has 0 bridgehead atoms. The van der Waals surface area contributed by atoms with E-state index in [2.05, 4.69) is 5.32 Å².